The van der Waals surface area contributed by atoms with E-state index in [-0.39, 0.29) is 18.0 Å². The predicted molar refractivity (Wildman–Crippen MR) is 126 cm³/mol. The van der Waals surface area contributed by atoms with Crippen LogP contribution in [0.15, 0.2) is 29.1 Å². The number of carbonyl (C=O) groups excluding carboxylic acids is 2. The maximum Gasteiger partial charge on any atom is 0.261 e. The summed E-state index contributed by atoms with van der Waals surface area (Å²) < 4.78 is 6.85. The fourth-order valence-corrected chi connectivity index (χ4v) is 5.83. The average molecular weight is 468 g/mol. The number of fused-ring (bicyclic) bond motifs is 2. The highest BCUT2D eigenvalue weighted by Crippen LogP contribution is 2.38. The van der Waals surface area contributed by atoms with E-state index in [1.807, 2.05) is 6.07 Å². The van der Waals surface area contributed by atoms with Crippen molar-refractivity contribution < 1.29 is 14.3 Å². The highest BCUT2D eigenvalue weighted by atomic mass is 32.1. The Morgan fingerprint density at radius 2 is 1.97 bits per heavy atom. The minimum Gasteiger partial charge on any atom is -0.379 e. The monoisotopic (exact) mass is 467 g/mol. The number of nitrogens with one attached hydrogen (secondary N) is 1. The van der Waals surface area contributed by atoms with E-state index < -0.39 is 5.91 Å². The lowest BCUT2D eigenvalue weighted by Crippen LogP contribution is -2.39. The number of carbonyl (C=O) groups is 2. The zero-order valence-corrected chi connectivity index (χ0v) is 19.0. The summed E-state index contributed by atoms with van der Waals surface area (Å²) in [5.74, 6) is -0.401. The Balaban J connectivity index is 1.46. The van der Waals surface area contributed by atoms with E-state index in [2.05, 4.69) is 10.2 Å². The number of benzene rings is 1. The molecule has 3 heterocycles. The molecule has 2 aromatic heterocycles. The van der Waals surface area contributed by atoms with Gasteiger partial charge in [-0.3, -0.25) is 23.9 Å². The van der Waals surface area contributed by atoms with Gasteiger partial charge in [-0.1, -0.05) is 12.1 Å². The Morgan fingerprint density at radius 3 is 2.76 bits per heavy atom. The van der Waals surface area contributed by atoms with E-state index in [1.165, 1.54) is 15.9 Å². The van der Waals surface area contributed by atoms with Crippen LogP contribution in [-0.2, 0) is 35.5 Å². The number of morpholine rings is 1. The molecule has 0 atom stereocenters. The summed E-state index contributed by atoms with van der Waals surface area (Å²) in [4.78, 5) is 46.3. The maximum atomic E-state index is 13.3. The molecule has 2 aliphatic rings. The molecule has 1 aliphatic heterocycles. The van der Waals surface area contributed by atoms with Crippen LogP contribution in [0.4, 0.5) is 5.00 Å². The van der Waals surface area contributed by atoms with Crippen molar-refractivity contribution >= 4 is 39.1 Å². The van der Waals surface area contributed by atoms with Gasteiger partial charge in [0, 0.05) is 18.0 Å². The molecule has 1 saturated heterocycles. The number of rotatable bonds is 6. The van der Waals surface area contributed by atoms with E-state index in [0.29, 0.717) is 47.1 Å². The fraction of sp³-hybridized carbons (Fsp3) is 0.391. The van der Waals surface area contributed by atoms with E-state index in [4.69, 9.17) is 15.5 Å². The lowest BCUT2D eigenvalue weighted by atomic mass is 10.1. The van der Waals surface area contributed by atoms with Gasteiger partial charge in [0.05, 0.1) is 36.2 Å². The van der Waals surface area contributed by atoms with Crippen LogP contribution in [0.5, 0.6) is 0 Å². The molecule has 0 bridgehead atoms. The number of para-hydroxylation sites is 1. The number of nitrogens with zero attached hydrogens (tertiary/aromatic N) is 3. The molecule has 2 amide bonds. The van der Waals surface area contributed by atoms with Crippen molar-refractivity contribution in [3.8, 4) is 0 Å². The van der Waals surface area contributed by atoms with Crippen LogP contribution < -0.4 is 16.6 Å². The molecule has 0 spiro atoms. The summed E-state index contributed by atoms with van der Waals surface area (Å²) in [5, 5.41) is 3.76. The number of anilines is 1. The Kier molecular flexibility index (Phi) is 5.96. The molecule has 0 radical (unpaired) electrons. The quantitative estimate of drug-likeness (QED) is 0.567. The van der Waals surface area contributed by atoms with Gasteiger partial charge < -0.3 is 15.8 Å². The number of ether oxygens (including phenoxy) is 1. The van der Waals surface area contributed by atoms with Crippen LogP contribution in [-0.4, -0.2) is 52.6 Å². The van der Waals surface area contributed by atoms with Crippen molar-refractivity contribution in [3.05, 3.63) is 56.4 Å². The first kappa shape index (κ1) is 21.7. The summed E-state index contributed by atoms with van der Waals surface area (Å²) in [5.41, 5.74) is 7.30. The predicted octanol–water partition coefficient (Wildman–Crippen LogP) is 1.52. The summed E-state index contributed by atoms with van der Waals surface area (Å²) in [6.45, 7) is 2.96. The Bertz CT molecular complexity index is 1290. The minimum absolute atomic E-state index is 0.197. The van der Waals surface area contributed by atoms with Crippen LogP contribution in [0.25, 0.3) is 10.9 Å². The van der Waals surface area contributed by atoms with Crippen molar-refractivity contribution in [1.82, 2.24) is 14.5 Å². The molecule has 1 aromatic carbocycles. The maximum absolute atomic E-state index is 13.3. The molecule has 0 unspecified atom stereocenters. The SMILES string of the molecule is NC(=O)c1c(NC(=O)Cn2c(CN3CCOCC3)nc3ccccc3c2=O)sc2c1CCC2. The van der Waals surface area contributed by atoms with Crippen LogP contribution in [0.1, 0.15) is 33.0 Å². The van der Waals surface area contributed by atoms with E-state index in [9.17, 15) is 14.4 Å². The number of hydrogen-bond acceptors (Lipinski definition) is 7. The third-order valence-corrected chi connectivity index (χ3v) is 7.34. The first-order chi connectivity index (χ1) is 16.0. The van der Waals surface area contributed by atoms with E-state index in [1.54, 1.807) is 18.2 Å². The highest BCUT2D eigenvalue weighted by Gasteiger charge is 2.26. The third kappa shape index (κ3) is 4.29. The van der Waals surface area contributed by atoms with Gasteiger partial charge in [-0.25, -0.2) is 4.98 Å². The van der Waals surface area contributed by atoms with Gasteiger partial charge >= 0.3 is 0 Å². The molecule has 33 heavy (non-hydrogen) atoms. The standard InChI is InChI=1S/C23H25N5O4S/c24-21(30)20-15-5-3-7-17(15)33-22(20)26-19(29)13-28-18(12-27-8-10-32-11-9-27)25-16-6-2-1-4-14(16)23(28)31/h1-2,4,6H,3,5,7-13H2,(H2,24,30)(H,26,29). The molecule has 0 saturated carbocycles. The molecule has 1 aliphatic carbocycles. The lowest BCUT2D eigenvalue weighted by Gasteiger charge is -2.27. The normalized spacial score (nSPS) is 16.1. The van der Waals surface area contributed by atoms with Gasteiger partial charge in [-0.15, -0.1) is 11.3 Å². The van der Waals surface area contributed by atoms with Gasteiger partial charge in [0.25, 0.3) is 11.5 Å². The van der Waals surface area contributed by atoms with Crippen LogP contribution in [0, 0.1) is 0 Å². The summed E-state index contributed by atoms with van der Waals surface area (Å²) in [6.07, 6.45) is 2.66. The largest absolute Gasteiger partial charge is 0.379 e. The molecule has 3 aromatic rings. The molecule has 9 nitrogen and oxygen atoms in total. The highest BCUT2D eigenvalue weighted by molar-refractivity contribution is 7.17. The zero-order valence-electron chi connectivity index (χ0n) is 18.1. The second-order valence-corrected chi connectivity index (χ2v) is 9.40. The van der Waals surface area contributed by atoms with E-state index in [0.717, 1.165) is 42.8 Å². The van der Waals surface area contributed by atoms with Crippen molar-refractivity contribution in [1.29, 1.82) is 0 Å². The Labute approximate surface area is 194 Å². The molecule has 5 rings (SSSR count). The number of thiophene rings is 1. The molecule has 1 fully saturated rings. The van der Waals surface area contributed by atoms with Crippen LogP contribution in [0.2, 0.25) is 0 Å². The third-order valence-electron chi connectivity index (χ3n) is 6.13. The lowest BCUT2D eigenvalue weighted by molar-refractivity contribution is -0.116. The van der Waals surface area contributed by atoms with Gasteiger partial charge in [0.1, 0.15) is 17.4 Å². The van der Waals surface area contributed by atoms with E-state index >= 15 is 0 Å². The number of nitrogens with two attached hydrogens (primary N) is 1. The van der Waals surface area contributed by atoms with Gasteiger partial charge in [0.2, 0.25) is 5.91 Å². The summed E-state index contributed by atoms with van der Waals surface area (Å²) in [6, 6.07) is 7.14. The van der Waals surface area contributed by atoms with Gasteiger partial charge in [0.15, 0.2) is 0 Å². The number of aryl methyl sites for hydroxylation is 1. The zero-order chi connectivity index (χ0) is 22.9. The Hall–Kier alpha value is -3.08. The number of hydrogen-bond donors (Lipinski definition) is 2. The van der Waals surface area contributed by atoms with Crippen LogP contribution >= 0.6 is 11.3 Å². The summed E-state index contributed by atoms with van der Waals surface area (Å²) in [7, 11) is 0. The van der Waals surface area contributed by atoms with Crippen molar-refractivity contribution in [2.45, 2.75) is 32.4 Å². The van der Waals surface area contributed by atoms with Crippen molar-refractivity contribution in [2.75, 3.05) is 31.6 Å². The first-order valence-corrected chi connectivity index (χ1v) is 11.9. The second kappa shape index (κ2) is 9.05. The number of amides is 2. The average Bonchev–Trinajstić information content (AvgIpc) is 3.38. The summed E-state index contributed by atoms with van der Waals surface area (Å²) >= 11 is 1.40. The molecule has 3 N–H and O–H groups in total. The number of primary amides is 1. The van der Waals surface area contributed by atoms with Gasteiger partial charge in [-0.2, -0.15) is 0 Å². The first-order valence-electron chi connectivity index (χ1n) is 11.0. The Morgan fingerprint density at radius 1 is 1.18 bits per heavy atom. The van der Waals surface area contributed by atoms with Crippen LogP contribution in [0.3, 0.4) is 0 Å². The van der Waals surface area contributed by atoms with Crippen molar-refractivity contribution in [3.63, 3.8) is 0 Å². The van der Waals surface area contributed by atoms with Gasteiger partial charge in [-0.05, 0) is 37.0 Å². The molecular formula is C23H25N5O4S. The fourth-order valence-electron chi connectivity index (χ4n) is 4.52. The molecule has 172 valence electrons. The second-order valence-electron chi connectivity index (χ2n) is 8.30. The smallest absolute Gasteiger partial charge is 0.261 e. The molecule has 10 heteroatoms. The number of aromatic nitrogens is 2. The molecular weight excluding hydrogens is 442 g/mol. The van der Waals surface area contributed by atoms with Crippen molar-refractivity contribution in [2.24, 2.45) is 5.73 Å². The minimum atomic E-state index is -0.540. The topological polar surface area (TPSA) is 120 Å².